The van der Waals surface area contributed by atoms with Gasteiger partial charge < -0.3 is 15.5 Å². The highest BCUT2D eigenvalue weighted by atomic mass is 16.6. The van der Waals surface area contributed by atoms with Gasteiger partial charge >= 0.3 is 5.97 Å². The van der Waals surface area contributed by atoms with Crippen molar-refractivity contribution in [1.82, 2.24) is 0 Å². The first-order valence-corrected chi connectivity index (χ1v) is 5.67. The number of carbonyl (C=O) groups is 1. The maximum absolute atomic E-state index is 11.1. The Labute approximate surface area is 110 Å². The second kappa shape index (κ2) is 5.66. The van der Waals surface area contributed by atoms with Crippen LogP contribution in [0.25, 0.3) is 0 Å². The first-order valence-electron chi connectivity index (χ1n) is 5.67. The molecule has 0 saturated heterocycles. The Morgan fingerprint density at radius 2 is 2.11 bits per heavy atom. The van der Waals surface area contributed by atoms with Crippen molar-refractivity contribution < 1.29 is 19.9 Å². The molecular weight excluding hydrogens is 252 g/mol. The van der Waals surface area contributed by atoms with Gasteiger partial charge in [0.05, 0.1) is 16.2 Å². The van der Waals surface area contributed by atoms with Crippen LogP contribution < -0.4 is 5.32 Å². The van der Waals surface area contributed by atoms with Gasteiger partial charge in [-0.1, -0.05) is 0 Å². The maximum atomic E-state index is 11.1. The highest BCUT2D eigenvalue weighted by molar-refractivity contribution is 5.95. The number of anilines is 1. The molecule has 1 rings (SSSR count). The number of aromatic carboxylic acids is 1. The normalized spacial score (nSPS) is 11.1. The smallest absolute Gasteiger partial charge is 0.337 e. The van der Waals surface area contributed by atoms with Gasteiger partial charge in [-0.25, -0.2) is 4.79 Å². The van der Waals surface area contributed by atoms with E-state index in [1.54, 1.807) is 13.8 Å². The molecule has 0 radical (unpaired) electrons. The summed E-state index contributed by atoms with van der Waals surface area (Å²) in [5, 5.41) is 31.6. The van der Waals surface area contributed by atoms with E-state index in [9.17, 15) is 14.9 Å². The molecular formula is C12H16N2O5. The predicted octanol–water partition coefficient (Wildman–Crippen LogP) is 1.87. The van der Waals surface area contributed by atoms with Crippen LogP contribution in [0.5, 0.6) is 0 Å². The van der Waals surface area contributed by atoms with E-state index in [1.165, 1.54) is 12.1 Å². The molecule has 104 valence electrons. The van der Waals surface area contributed by atoms with Gasteiger partial charge in [0, 0.05) is 24.3 Å². The van der Waals surface area contributed by atoms with Crippen LogP contribution in [0.15, 0.2) is 18.2 Å². The second-order valence-corrected chi connectivity index (χ2v) is 4.77. The van der Waals surface area contributed by atoms with Gasteiger partial charge in [0.2, 0.25) is 0 Å². The molecule has 0 aromatic heterocycles. The van der Waals surface area contributed by atoms with Gasteiger partial charge in [-0.15, -0.1) is 0 Å². The molecule has 0 aliphatic carbocycles. The quantitative estimate of drug-likeness (QED) is 0.536. The number of nitrogens with one attached hydrogen (secondary N) is 1. The van der Waals surface area contributed by atoms with Gasteiger partial charge in [-0.2, -0.15) is 0 Å². The summed E-state index contributed by atoms with van der Waals surface area (Å²) in [5.41, 5.74) is -0.641. The summed E-state index contributed by atoms with van der Waals surface area (Å²) in [5.74, 6) is -1.17. The van der Waals surface area contributed by atoms with E-state index in [1.807, 2.05) is 0 Å². The topological polar surface area (TPSA) is 113 Å². The number of rotatable bonds is 6. The van der Waals surface area contributed by atoms with Crippen molar-refractivity contribution in [3.05, 3.63) is 33.9 Å². The fourth-order valence-corrected chi connectivity index (χ4v) is 1.64. The van der Waals surface area contributed by atoms with Crippen LogP contribution in [0.4, 0.5) is 11.4 Å². The maximum Gasteiger partial charge on any atom is 0.337 e. The number of benzene rings is 1. The zero-order valence-corrected chi connectivity index (χ0v) is 10.7. The third kappa shape index (κ3) is 3.92. The Morgan fingerprint density at radius 3 is 2.58 bits per heavy atom. The molecule has 7 nitrogen and oxygen atoms in total. The van der Waals surface area contributed by atoms with Crippen LogP contribution in [0.2, 0.25) is 0 Å². The van der Waals surface area contributed by atoms with Gasteiger partial charge in [0.1, 0.15) is 0 Å². The first-order chi connectivity index (χ1) is 8.76. The van der Waals surface area contributed by atoms with E-state index in [-0.39, 0.29) is 23.5 Å². The molecule has 0 bridgehead atoms. The molecule has 0 unspecified atom stereocenters. The van der Waals surface area contributed by atoms with Crippen molar-refractivity contribution in [2.45, 2.75) is 25.8 Å². The minimum absolute atomic E-state index is 0.0448. The number of non-ortho nitro benzene ring substituents is 1. The standard InChI is InChI=1S/C12H16N2O5/c1-12(2,5-6-15)13-10-7-8(14(18)19)3-4-9(10)11(16)17/h3-4,7,13,15H,5-6H2,1-2H3,(H,16,17). The van der Waals surface area contributed by atoms with Crippen LogP contribution in [-0.4, -0.2) is 33.3 Å². The second-order valence-electron chi connectivity index (χ2n) is 4.77. The predicted molar refractivity (Wildman–Crippen MR) is 69.5 cm³/mol. The molecule has 0 aliphatic heterocycles. The van der Waals surface area contributed by atoms with E-state index in [4.69, 9.17) is 10.2 Å². The molecule has 0 amide bonds. The SMILES string of the molecule is CC(C)(CCO)Nc1cc([N+](=O)[O-])ccc1C(=O)O. The molecule has 0 atom stereocenters. The lowest BCUT2D eigenvalue weighted by Gasteiger charge is -2.27. The average molecular weight is 268 g/mol. The van der Waals surface area contributed by atoms with Crippen molar-refractivity contribution in [2.75, 3.05) is 11.9 Å². The number of nitro benzene ring substituents is 1. The third-order valence-corrected chi connectivity index (χ3v) is 2.65. The number of hydrogen-bond donors (Lipinski definition) is 3. The number of nitrogens with zero attached hydrogens (tertiary/aromatic N) is 1. The first kappa shape index (κ1) is 14.9. The lowest BCUT2D eigenvalue weighted by Crippen LogP contribution is -2.32. The summed E-state index contributed by atoms with van der Waals surface area (Å²) in [6.45, 7) is 3.47. The summed E-state index contributed by atoms with van der Waals surface area (Å²) < 4.78 is 0. The lowest BCUT2D eigenvalue weighted by atomic mass is 9.99. The molecule has 0 spiro atoms. The fraction of sp³-hybridized carbons (Fsp3) is 0.417. The minimum Gasteiger partial charge on any atom is -0.478 e. The molecule has 19 heavy (non-hydrogen) atoms. The van der Waals surface area contributed by atoms with Gasteiger partial charge in [0.25, 0.3) is 5.69 Å². The van der Waals surface area contributed by atoms with E-state index < -0.39 is 16.4 Å². The fourth-order valence-electron chi connectivity index (χ4n) is 1.64. The summed E-state index contributed by atoms with van der Waals surface area (Å²) in [6, 6.07) is 3.52. The molecule has 1 aromatic carbocycles. The highest BCUT2D eigenvalue weighted by Gasteiger charge is 2.22. The van der Waals surface area contributed by atoms with E-state index >= 15 is 0 Å². The molecule has 0 aliphatic rings. The Hall–Kier alpha value is -2.15. The van der Waals surface area contributed by atoms with Crippen molar-refractivity contribution in [3.63, 3.8) is 0 Å². The van der Waals surface area contributed by atoms with Crippen molar-refractivity contribution in [1.29, 1.82) is 0 Å². The number of nitro groups is 1. The van der Waals surface area contributed by atoms with Crippen LogP contribution in [-0.2, 0) is 0 Å². The highest BCUT2D eigenvalue weighted by Crippen LogP contribution is 2.26. The number of carboxylic acids is 1. The largest absolute Gasteiger partial charge is 0.478 e. The Bertz CT molecular complexity index is 499. The zero-order chi connectivity index (χ0) is 14.6. The zero-order valence-electron chi connectivity index (χ0n) is 10.7. The minimum atomic E-state index is -1.17. The summed E-state index contributed by atoms with van der Waals surface area (Å²) >= 11 is 0. The van der Waals surface area contributed by atoms with Crippen molar-refractivity contribution in [3.8, 4) is 0 Å². The summed E-state index contributed by atoms with van der Waals surface area (Å²) in [4.78, 5) is 21.2. The van der Waals surface area contributed by atoms with Crippen LogP contribution in [0, 0.1) is 10.1 Å². The summed E-state index contributed by atoms with van der Waals surface area (Å²) in [7, 11) is 0. The molecule has 0 heterocycles. The van der Waals surface area contributed by atoms with E-state index in [0.717, 1.165) is 6.07 Å². The van der Waals surface area contributed by atoms with Gasteiger partial charge in [-0.05, 0) is 26.3 Å². The molecule has 7 heteroatoms. The average Bonchev–Trinajstić information content (AvgIpc) is 2.27. The lowest BCUT2D eigenvalue weighted by molar-refractivity contribution is -0.384. The Morgan fingerprint density at radius 1 is 1.47 bits per heavy atom. The monoisotopic (exact) mass is 268 g/mol. The molecule has 1 aromatic rings. The number of hydrogen-bond acceptors (Lipinski definition) is 5. The number of carboxylic acid groups (broad SMARTS) is 1. The van der Waals surface area contributed by atoms with E-state index in [2.05, 4.69) is 5.32 Å². The Balaban J connectivity index is 3.18. The van der Waals surface area contributed by atoms with Crippen molar-refractivity contribution in [2.24, 2.45) is 0 Å². The van der Waals surface area contributed by atoms with Crippen LogP contribution in [0.3, 0.4) is 0 Å². The van der Waals surface area contributed by atoms with Gasteiger partial charge in [-0.3, -0.25) is 10.1 Å². The van der Waals surface area contributed by atoms with Crippen LogP contribution >= 0.6 is 0 Å². The number of aliphatic hydroxyl groups excluding tert-OH is 1. The molecule has 0 saturated carbocycles. The van der Waals surface area contributed by atoms with Crippen molar-refractivity contribution >= 4 is 17.3 Å². The molecule has 3 N–H and O–H groups in total. The molecule has 0 fully saturated rings. The van der Waals surface area contributed by atoms with Gasteiger partial charge in [0.15, 0.2) is 0 Å². The summed E-state index contributed by atoms with van der Waals surface area (Å²) in [6.07, 6.45) is 0.384. The Kier molecular flexibility index (Phi) is 4.44. The number of aliphatic hydroxyl groups is 1. The van der Waals surface area contributed by atoms with E-state index in [0.29, 0.717) is 6.42 Å². The van der Waals surface area contributed by atoms with Crippen LogP contribution in [0.1, 0.15) is 30.6 Å². The third-order valence-electron chi connectivity index (χ3n) is 2.65.